The molecule has 0 aromatic heterocycles. The van der Waals surface area contributed by atoms with Crippen molar-refractivity contribution in [2.75, 3.05) is 12.3 Å². The van der Waals surface area contributed by atoms with Gasteiger partial charge >= 0.3 is 0 Å². The van der Waals surface area contributed by atoms with Crippen LogP contribution in [0.1, 0.15) is 23.2 Å². The topological polar surface area (TPSA) is 75.4 Å². The highest BCUT2D eigenvalue weighted by Gasteiger charge is 2.29. The fraction of sp³-hybridized carbons (Fsp3) is 0.417. The number of carbonyl (C=O) groups is 1. The zero-order valence-electron chi connectivity index (χ0n) is 9.32. The zero-order chi connectivity index (χ0) is 12.4. The molecule has 0 saturated heterocycles. The molecule has 5 heteroatoms. The highest BCUT2D eigenvalue weighted by atomic mass is 79.9. The predicted molar refractivity (Wildman–Crippen MR) is 69.6 cm³/mol. The van der Waals surface area contributed by atoms with Gasteiger partial charge in [0.05, 0.1) is 11.7 Å². The monoisotopic (exact) mass is 298 g/mol. The van der Waals surface area contributed by atoms with Crippen LogP contribution in [0.4, 0.5) is 5.69 Å². The van der Waals surface area contributed by atoms with Crippen LogP contribution in [0.5, 0.6) is 0 Å². The lowest BCUT2D eigenvalue weighted by atomic mass is 10.2. The lowest BCUT2D eigenvalue weighted by Gasteiger charge is -2.11. The Bertz CT molecular complexity index is 433. The first-order chi connectivity index (χ1) is 8.08. The number of hydrogen-bond acceptors (Lipinski definition) is 3. The minimum absolute atomic E-state index is 0.219. The molecule has 0 spiro atoms. The number of amides is 1. The minimum Gasteiger partial charge on any atom is -0.399 e. The Balaban J connectivity index is 1.96. The van der Waals surface area contributed by atoms with E-state index in [2.05, 4.69) is 21.2 Å². The Morgan fingerprint density at radius 1 is 1.59 bits per heavy atom. The number of aliphatic hydroxyl groups excluding tert-OH is 1. The second-order valence-electron chi connectivity index (χ2n) is 4.35. The molecule has 1 atom stereocenters. The quantitative estimate of drug-likeness (QED) is 0.738. The van der Waals surface area contributed by atoms with E-state index in [1.54, 1.807) is 18.2 Å². The summed E-state index contributed by atoms with van der Waals surface area (Å²) >= 11 is 3.30. The number of rotatable bonds is 4. The number of anilines is 1. The SMILES string of the molecule is Nc1ccc(Br)c(C(=O)NCC(O)C2CC2)c1. The van der Waals surface area contributed by atoms with E-state index in [0.29, 0.717) is 28.2 Å². The molecule has 4 N–H and O–H groups in total. The molecule has 1 aromatic rings. The van der Waals surface area contributed by atoms with Gasteiger partial charge in [0, 0.05) is 16.7 Å². The van der Waals surface area contributed by atoms with Gasteiger partial charge in [0.2, 0.25) is 0 Å². The van der Waals surface area contributed by atoms with Gasteiger partial charge in [-0.2, -0.15) is 0 Å². The number of carbonyl (C=O) groups excluding carboxylic acids is 1. The number of nitrogens with two attached hydrogens (primary N) is 1. The molecule has 1 fully saturated rings. The Hall–Kier alpha value is -1.07. The van der Waals surface area contributed by atoms with Crippen molar-refractivity contribution in [3.05, 3.63) is 28.2 Å². The fourth-order valence-corrected chi connectivity index (χ4v) is 2.08. The van der Waals surface area contributed by atoms with Gasteiger partial charge in [-0.05, 0) is 52.9 Å². The van der Waals surface area contributed by atoms with E-state index < -0.39 is 6.10 Å². The van der Waals surface area contributed by atoms with E-state index in [-0.39, 0.29) is 5.91 Å². The molecule has 0 heterocycles. The van der Waals surface area contributed by atoms with Crippen molar-refractivity contribution >= 4 is 27.5 Å². The maximum Gasteiger partial charge on any atom is 0.252 e. The molecular weight excluding hydrogens is 284 g/mol. The second-order valence-corrected chi connectivity index (χ2v) is 5.21. The lowest BCUT2D eigenvalue weighted by molar-refractivity contribution is 0.0900. The number of benzene rings is 1. The molecule has 1 amide bonds. The van der Waals surface area contributed by atoms with E-state index in [1.165, 1.54) is 0 Å². The minimum atomic E-state index is -0.432. The molecule has 1 aliphatic carbocycles. The number of nitrogens with one attached hydrogen (secondary N) is 1. The summed E-state index contributed by atoms with van der Waals surface area (Å²) in [5.41, 5.74) is 6.67. The number of nitrogen functional groups attached to an aromatic ring is 1. The molecule has 92 valence electrons. The van der Waals surface area contributed by atoms with Crippen LogP contribution in [0.25, 0.3) is 0 Å². The van der Waals surface area contributed by atoms with E-state index in [4.69, 9.17) is 5.73 Å². The number of halogens is 1. The van der Waals surface area contributed by atoms with Crippen molar-refractivity contribution in [3.8, 4) is 0 Å². The van der Waals surface area contributed by atoms with Gasteiger partial charge in [-0.25, -0.2) is 0 Å². The first-order valence-corrected chi connectivity index (χ1v) is 6.38. The third-order valence-electron chi connectivity index (χ3n) is 2.87. The maximum atomic E-state index is 11.9. The molecule has 0 radical (unpaired) electrons. The first-order valence-electron chi connectivity index (χ1n) is 5.59. The van der Waals surface area contributed by atoms with Crippen LogP contribution in [0.3, 0.4) is 0 Å². The summed E-state index contributed by atoms with van der Waals surface area (Å²) in [4.78, 5) is 11.9. The second kappa shape index (κ2) is 5.06. The fourth-order valence-electron chi connectivity index (χ4n) is 1.66. The van der Waals surface area contributed by atoms with Crippen LogP contribution in [0, 0.1) is 5.92 Å². The van der Waals surface area contributed by atoms with Crippen LogP contribution in [0.2, 0.25) is 0 Å². The van der Waals surface area contributed by atoms with Crippen LogP contribution in [-0.4, -0.2) is 23.7 Å². The Morgan fingerprint density at radius 2 is 2.29 bits per heavy atom. The van der Waals surface area contributed by atoms with Crippen LogP contribution in [-0.2, 0) is 0 Å². The van der Waals surface area contributed by atoms with Gasteiger partial charge in [0.1, 0.15) is 0 Å². The van der Waals surface area contributed by atoms with Gasteiger partial charge in [-0.3, -0.25) is 4.79 Å². The summed E-state index contributed by atoms with van der Waals surface area (Å²) in [6, 6.07) is 5.07. The van der Waals surface area contributed by atoms with E-state index in [0.717, 1.165) is 12.8 Å². The van der Waals surface area contributed by atoms with Crippen molar-refractivity contribution in [3.63, 3.8) is 0 Å². The summed E-state index contributed by atoms with van der Waals surface area (Å²) in [6.07, 6.45) is 1.68. The van der Waals surface area contributed by atoms with Crippen LogP contribution < -0.4 is 11.1 Å². The van der Waals surface area contributed by atoms with Crippen molar-refractivity contribution in [1.82, 2.24) is 5.32 Å². The highest BCUT2D eigenvalue weighted by molar-refractivity contribution is 9.10. The van der Waals surface area contributed by atoms with Crippen LogP contribution in [0.15, 0.2) is 22.7 Å². The average Bonchev–Trinajstić information content (AvgIpc) is 3.12. The van der Waals surface area contributed by atoms with Gasteiger partial charge in [0.15, 0.2) is 0 Å². The molecular formula is C12H15BrN2O2. The van der Waals surface area contributed by atoms with E-state index in [1.807, 2.05) is 0 Å². The first kappa shape index (κ1) is 12.4. The van der Waals surface area contributed by atoms with Crippen molar-refractivity contribution in [2.45, 2.75) is 18.9 Å². The maximum absolute atomic E-state index is 11.9. The molecule has 1 saturated carbocycles. The normalized spacial score (nSPS) is 16.6. The Morgan fingerprint density at radius 3 is 2.94 bits per heavy atom. The van der Waals surface area contributed by atoms with Crippen LogP contribution >= 0.6 is 15.9 Å². The lowest BCUT2D eigenvalue weighted by Crippen LogP contribution is -2.33. The zero-order valence-corrected chi connectivity index (χ0v) is 10.9. The van der Waals surface area contributed by atoms with E-state index >= 15 is 0 Å². The Labute approximate surface area is 108 Å². The van der Waals surface area contributed by atoms with Gasteiger partial charge in [-0.15, -0.1) is 0 Å². The third kappa shape index (κ3) is 3.20. The third-order valence-corrected chi connectivity index (χ3v) is 3.56. The molecule has 4 nitrogen and oxygen atoms in total. The summed E-state index contributed by atoms with van der Waals surface area (Å²) in [5, 5.41) is 12.4. The van der Waals surface area contributed by atoms with Gasteiger partial charge in [-0.1, -0.05) is 0 Å². The standard InChI is InChI=1S/C12H15BrN2O2/c13-10-4-3-8(14)5-9(10)12(17)15-6-11(16)7-1-2-7/h3-5,7,11,16H,1-2,6,14H2,(H,15,17). The van der Waals surface area contributed by atoms with Gasteiger partial charge < -0.3 is 16.2 Å². The molecule has 2 rings (SSSR count). The largest absolute Gasteiger partial charge is 0.399 e. The smallest absolute Gasteiger partial charge is 0.252 e. The molecule has 1 aliphatic rings. The summed E-state index contributed by atoms with van der Waals surface area (Å²) in [5.74, 6) is 0.142. The molecule has 1 unspecified atom stereocenters. The van der Waals surface area contributed by atoms with Crippen molar-refractivity contribution in [2.24, 2.45) is 5.92 Å². The average molecular weight is 299 g/mol. The van der Waals surface area contributed by atoms with E-state index in [9.17, 15) is 9.90 Å². The molecule has 17 heavy (non-hydrogen) atoms. The highest BCUT2D eigenvalue weighted by Crippen LogP contribution is 2.32. The molecule has 0 bridgehead atoms. The summed E-state index contributed by atoms with van der Waals surface area (Å²) in [7, 11) is 0. The number of aliphatic hydroxyl groups is 1. The number of hydrogen-bond donors (Lipinski definition) is 3. The molecule has 1 aromatic carbocycles. The summed E-state index contributed by atoms with van der Waals surface area (Å²) < 4.78 is 0.699. The van der Waals surface area contributed by atoms with Gasteiger partial charge in [0.25, 0.3) is 5.91 Å². The predicted octanol–water partition coefficient (Wildman–Crippen LogP) is 1.53. The van der Waals surface area contributed by atoms with Crippen molar-refractivity contribution in [1.29, 1.82) is 0 Å². The molecule has 0 aliphatic heterocycles. The summed E-state index contributed by atoms with van der Waals surface area (Å²) in [6.45, 7) is 0.296. The Kier molecular flexibility index (Phi) is 3.69. The van der Waals surface area contributed by atoms with Crippen molar-refractivity contribution < 1.29 is 9.90 Å².